The van der Waals surface area contributed by atoms with E-state index in [0.717, 1.165) is 18.5 Å². The molecule has 0 N–H and O–H groups in total. The molecule has 0 unspecified atom stereocenters. The number of carbonyl (C=O) groups excluding carboxylic acids is 2. The van der Waals surface area contributed by atoms with Crippen LogP contribution in [-0.4, -0.2) is 45.7 Å². The van der Waals surface area contributed by atoms with Gasteiger partial charge in [0.2, 0.25) is 11.8 Å². The van der Waals surface area contributed by atoms with Crippen molar-refractivity contribution in [3.8, 4) is 0 Å². The van der Waals surface area contributed by atoms with Crippen LogP contribution in [0.5, 0.6) is 0 Å². The molecular weight excluding hydrogens is 286 g/mol. The van der Waals surface area contributed by atoms with Gasteiger partial charge in [-0.25, -0.2) is 4.98 Å². The number of aromatic nitrogens is 1. The number of hydrogen-bond donors (Lipinski definition) is 0. The van der Waals surface area contributed by atoms with Crippen LogP contribution in [-0.2, 0) is 16.1 Å². The van der Waals surface area contributed by atoms with Crippen molar-refractivity contribution in [2.45, 2.75) is 39.3 Å². The summed E-state index contributed by atoms with van der Waals surface area (Å²) in [6.07, 6.45) is 1.89. The molecule has 0 radical (unpaired) electrons. The molecule has 0 saturated carbocycles. The van der Waals surface area contributed by atoms with Crippen molar-refractivity contribution in [1.29, 1.82) is 0 Å². The maximum atomic E-state index is 12.6. The van der Waals surface area contributed by atoms with Gasteiger partial charge in [-0.1, -0.05) is 13.8 Å². The van der Waals surface area contributed by atoms with E-state index in [4.69, 9.17) is 0 Å². The van der Waals surface area contributed by atoms with E-state index < -0.39 is 0 Å². The molecule has 1 aromatic rings. The second-order valence-corrected chi connectivity index (χ2v) is 6.99. The van der Waals surface area contributed by atoms with E-state index in [1.165, 1.54) is 0 Å². The summed E-state index contributed by atoms with van der Waals surface area (Å²) in [6, 6.07) is 0.139. The third kappa shape index (κ3) is 2.81. The van der Waals surface area contributed by atoms with E-state index in [0.29, 0.717) is 19.6 Å². The Kier molecular flexibility index (Phi) is 3.97. The minimum atomic E-state index is -0.0370. The van der Waals surface area contributed by atoms with Crippen LogP contribution in [0.2, 0.25) is 0 Å². The molecule has 2 bridgehead atoms. The lowest BCUT2D eigenvalue weighted by molar-refractivity contribution is -0.140. The maximum Gasteiger partial charge on any atom is 0.228 e. The molecule has 6 heteroatoms. The topological polar surface area (TPSA) is 53.5 Å². The molecule has 0 aromatic carbocycles. The van der Waals surface area contributed by atoms with Crippen LogP contribution in [0.15, 0.2) is 10.9 Å². The first-order chi connectivity index (χ1) is 10.1. The molecule has 4 heterocycles. The van der Waals surface area contributed by atoms with Gasteiger partial charge in [0.15, 0.2) is 0 Å². The monoisotopic (exact) mass is 307 g/mol. The molecule has 0 spiro atoms. The Labute approximate surface area is 129 Å². The lowest BCUT2D eigenvalue weighted by Crippen LogP contribution is -2.47. The molecule has 3 aliphatic rings. The fourth-order valence-electron chi connectivity index (χ4n) is 3.28. The van der Waals surface area contributed by atoms with Crippen molar-refractivity contribution < 1.29 is 9.59 Å². The van der Waals surface area contributed by atoms with Gasteiger partial charge in [-0.15, -0.1) is 11.3 Å². The third-order valence-corrected chi connectivity index (χ3v) is 5.05. The van der Waals surface area contributed by atoms with Gasteiger partial charge in [0.05, 0.1) is 23.7 Å². The highest BCUT2D eigenvalue weighted by Crippen LogP contribution is 2.30. The Morgan fingerprint density at radius 3 is 2.90 bits per heavy atom. The van der Waals surface area contributed by atoms with Crippen molar-refractivity contribution in [3.63, 3.8) is 0 Å². The average Bonchev–Trinajstić information content (AvgIpc) is 2.82. The van der Waals surface area contributed by atoms with Crippen LogP contribution in [0.3, 0.4) is 0 Å². The lowest BCUT2D eigenvalue weighted by atomic mass is 9.94. The number of amides is 2. The Balaban J connectivity index is 1.79. The van der Waals surface area contributed by atoms with Crippen LogP contribution >= 0.6 is 11.3 Å². The predicted molar refractivity (Wildman–Crippen MR) is 80.6 cm³/mol. The summed E-state index contributed by atoms with van der Waals surface area (Å²) in [5.41, 5.74) is 2.74. The normalized spacial score (nSPS) is 25.6. The van der Waals surface area contributed by atoms with Crippen LogP contribution in [0.4, 0.5) is 0 Å². The van der Waals surface area contributed by atoms with Crippen LogP contribution < -0.4 is 0 Å². The predicted octanol–water partition coefficient (Wildman–Crippen LogP) is 1.75. The molecule has 3 saturated heterocycles. The van der Waals surface area contributed by atoms with E-state index >= 15 is 0 Å². The summed E-state index contributed by atoms with van der Waals surface area (Å²) >= 11 is 1.55. The minimum Gasteiger partial charge on any atom is -0.340 e. The molecular formula is C15H21N3O2S. The second kappa shape index (κ2) is 5.75. The Morgan fingerprint density at radius 1 is 1.43 bits per heavy atom. The molecule has 4 rings (SSSR count). The first-order valence-corrected chi connectivity index (χ1v) is 8.47. The SMILES string of the molecule is CC(C)C(=O)N1C[C@H]2CC[C@@H](C1)N(Cc1cscn1)C2=O. The van der Waals surface area contributed by atoms with E-state index in [1.54, 1.807) is 16.8 Å². The van der Waals surface area contributed by atoms with Gasteiger partial charge in [0, 0.05) is 30.4 Å². The molecule has 2 amide bonds. The van der Waals surface area contributed by atoms with Gasteiger partial charge < -0.3 is 9.80 Å². The Hall–Kier alpha value is -1.43. The third-order valence-electron chi connectivity index (χ3n) is 4.41. The summed E-state index contributed by atoms with van der Waals surface area (Å²) in [5.74, 6) is 0.309. The van der Waals surface area contributed by atoms with Crippen molar-refractivity contribution in [1.82, 2.24) is 14.8 Å². The van der Waals surface area contributed by atoms with Gasteiger partial charge in [-0.2, -0.15) is 0 Å². The van der Waals surface area contributed by atoms with E-state index in [9.17, 15) is 9.59 Å². The fourth-order valence-corrected chi connectivity index (χ4v) is 3.83. The Morgan fingerprint density at radius 2 is 2.24 bits per heavy atom. The smallest absolute Gasteiger partial charge is 0.228 e. The fraction of sp³-hybridized carbons (Fsp3) is 0.667. The highest BCUT2D eigenvalue weighted by molar-refractivity contribution is 7.07. The minimum absolute atomic E-state index is 0.00964. The maximum absolute atomic E-state index is 12.6. The summed E-state index contributed by atoms with van der Waals surface area (Å²) in [5, 5.41) is 1.99. The Bertz CT molecular complexity index is 529. The number of piperidine rings is 1. The molecule has 2 atom stereocenters. The molecule has 114 valence electrons. The average molecular weight is 307 g/mol. The van der Waals surface area contributed by atoms with Crippen molar-refractivity contribution in [2.24, 2.45) is 11.8 Å². The largest absolute Gasteiger partial charge is 0.340 e. The van der Waals surface area contributed by atoms with Gasteiger partial charge in [0.25, 0.3) is 0 Å². The van der Waals surface area contributed by atoms with Crippen LogP contribution in [0, 0.1) is 11.8 Å². The number of hydrogen-bond acceptors (Lipinski definition) is 4. The van der Waals surface area contributed by atoms with E-state index in [1.807, 2.05) is 29.0 Å². The van der Waals surface area contributed by atoms with Gasteiger partial charge in [-0.3, -0.25) is 9.59 Å². The second-order valence-electron chi connectivity index (χ2n) is 6.27. The molecule has 3 fully saturated rings. The van der Waals surface area contributed by atoms with E-state index in [2.05, 4.69) is 4.98 Å². The number of fused-ring (bicyclic) bond motifs is 4. The summed E-state index contributed by atoms with van der Waals surface area (Å²) in [7, 11) is 0. The summed E-state index contributed by atoms with van der Waals surface area (Å²) in [6.45, 7) is 5.67. The zero-order chi connectivity index (χ0) is 15.0. The number of carbonyl (C=O) groups is 2. The molecule has 21 heavy (non-hydrogen) atoms. The molecule has 5 nitrogen and oxygen atoms in total. The standard InChI is InChI=1S/C15H21N3O2S/c1-10(2)14(19)17-5-11-3-4-13(7-17)18(15(11)20)6-12-8-21-9-16-12/h8-11,13H,3-7H2,1-2H3/t11-,13+/m1/s1. The molecule has 3 aliphatic heterocycles. The van der Waals surface area contributed by atoms with Gasteiger partial charge in [-0.05, 0) is 12.8 Å². The van der Waals surface area contributed by atoms with Crippen molar-refractivity contribution in [3.05, 3.63) is 16.6 Å². The van der Waals surface area contributed by atoms with Crippen LogP contribution in [0.1, 0.15) is 32.4 Å². The molecule has 1 aromatic heterocycles. The first kappa shape index (κ1) is 14.5. The van der Waals surface area contributed by atoms with Crippen LogP contribution in [0.25, 0.3) is 0 Å². The summed E-state index contributed by atoms with van der Waals surface area (Å²) < 4.78 is 0. The van der Waals surface area contributed by atoms with Gasteiger partial charge in [0.1, 0.15) is 0 Å². The van der Waals surface area contributed by atoms with Crippen molar-refractivity contribution >= 4 is 23.2 Å². The quantitative estimate of drug-likeness (QED) is 0.855. The first-order valence-electron chi connectivity index (χ1n) is 7.52. The number of rotatable bonds is 3. The highest BCUT2D eigenvalue weighted by atomic mass is 32.1. The number of thiazole rings is 1. The highest BCUT2D eigenvalue weighted by Gasteiger charge is 2.42. The van der Waals surface area contributed by atoms with Crippen molar-refractivity contribution in [2.75, 3.05) is 13.1 Å². The van der Waals surface area contributed by atoms with E-state index in [-0.39, 0.29) is 29.7 Å². The number of nitrogens with zero attached hydrogens (tertiary/aromatic N) is 3. The lowest BCUT2D eigenvalue weighted by Gasteiger charge is -2.35. The van der Waals surface area contributed by atoms with Gasteiger partial charge >= 0.3 is 0 Å². The zero-order valence-corrected chi connectivity index (χ0v) is 13.3. The summed E-state index contributed by atoms with van der Waals surface area (Å²) in [4.78, 5) is 33.0. The zero-order valence-electron chi connectivity index (χ0n) is 12.5. The molecule has 0 aliphatic carbocycles.